The summed E-state index contributed by atoms with van der Waals surface area (Å²) in [5.74, 6) is -1.82. The second-order valence-electron chi connectivity index (χ2n) is 4.42. The highest BCUT2D eigenvalue weighted by molar-refractivity contribution is 9.10. The molecule has 20 heavy (non-hydrogen) atoms. The fourth-order valence-corrected chi connectivity index (χ4v) is 1.92. The van der Waals surface area contributed by atoms with Crippen LogP contribution < -0.4 is 10.6 Å². The number of nitrogens with one attached hydrogen (secondary N) is 2. The van der Waals surface area contributed by atoms with Crippen molar-refractivity contribution in [1.29, 1.82) is 0 Å². The fourth-order valence-electron chi connectivity index (χ4n) is 1.58. The van der Waals surface area contributed by atoms with E-state index in [1.54, 1.807) is 6.92 Å². The molecular formula is C13H16BrFN2O3. The molecule has 0 aliphatic heterocycles. The second-order valence-corrected chi connectivity index (χ2v) is 5.28. The van der Waals surface area contributed by atoms with Crippen molar-refractivity contribution in [2.75, 3.05) is 5.32 Å². The van der Waals surface area contributed by atoms with E-state index in [1.165, 1.54) is 12.1 Å². The maximum atomic E-state index is 13.1. The number of halogens is 2. The van der Waals surface area contributed by atoms with Crippen LogP contribution in [0.1, 0.15) is 20.3 Å². The van der Waals surface area contributed by atoms with Crippen LogP contribution in [0.15, 0.2) is 22.7 Å². The highest BCUT2D eigenvalue weighted by Crippen LogP contribution is 2.23. The number of aliphatic carboxylic acids is 1. The Morgan fingerprint density at radius 2 is 2.10 bits per heavy atom. The van der Waals surface area contributed by atoms with Gasteiger partial charge in [0.05, 0.1) is 5.69 Å². The predicted molar refractivity (Wildman–Crippen MR) is 77.1 cm³/mol. The molecule has 1 rings (SSSR count). The van der Waals surface area contributed by atoms with Gasteiger partial charge in [0.25, 0.3) is 0 Å². The summed E-state index contributed by atoms with van der Waals surface area (Å²) in [5.41, 5.74) is 0.232. The molecular weight excluding hydrogens is 331 g/mol. The molecule has 0 aliphatic carbocycles. The Balaban J connectivity index is 2.75. The third kappa shape index (κ3) is 4.48. The number of carbonyl (C=O) groups excluding carboxylic acids is 1. The maximum Gasteiger partial charge on any atom is 0.326 e. The third-order valence-electron chi connectivity index (χ3n) is 2.94. The molecule has 0 bridgehead atoms. The van der Waals surface area contributed by atoms with E-state index in [0.29, 0.717) is 10.9 Å². The van der Waals surface area contributed by atoms with Crippen LogP contribution in [-0.4, -0.2) is 23.1 Å². The lowest BCUT2D eigenvalue weighted by atomic mass is 9.99. The van der Waals surface area contributed by atoms with E-state index in [2.05, 4.69) is 26.6 Å². The second kappa shape index (κ2) is 7.23. The summed E-state index contributed by atoms with van der Waals surface area (Å²) in [6, 6.07) is 2.15. The van der Waals surface area contributed by atoms with E-state index in [0.717, 1.165) is 6.07 Å². The van der Waals surface area contributed by atoms with Gasteiger partial charge in [0, 0.05) is 4.47 Å². The Kier molecular flexibility index (Phi) is 5.94. The summed E-state index contributed by atoms with van der Waals surface area (Å²) < 4.78 is 13.6. The zero-order valence-corrected chi connectivity index (χ0v) is 12.7. The van der Waals surface area contributed by atoms with Crippen LogP contribution in [0.2, 0.25) is 0 Å². The number of hydrogen-bond donors (Lipinski definition) is 3. The van der Waals surface area contributed by atoms with Gasteiger partial charge in [0.2, 0.25) is 0 Å². The predicted octanol–water partition coefficient (Wildman–Crippen LogP) is 3.21. The van der Waals surface area contributed by atoms with Crippen molar-refractivity contribution in [3.8, 4) is 0 Å². The number of carboxylic acid groups (broad SMARTS) is 1. The van der Waals surface area contributed by atoms with Gasteiger partial charge in [-0.25, -0.2) is 14.0 Å². The first-order chi connectivity index (χ1) is 9.35. The summed E-state index contributed by atoms with van der Waals surface area (Å²) >= 11 is 3.17. The van der Waals surface area contributed by atoms with Gasteiger partial charge in [-0.3, -0.25) is 0 Å². The monoisotopic (exact) mass is 346 g/mol. The van der Waals surface area contributed by atoms with Gasteiger partial charge in [-0.15, -0.1) is 0 Å². The molecule has 3 N–H and O–H groups in total. The van der Waals surface area contributed by atoms with Crippen molar-refractivity contribution in [1.82, 2.24) is 5.32 Å². The quantitative estimate of drug-likeness (QED) is 0.765. The molecule has 0 aliphatic rings. The molecule has 2 atom stereocenters. The number of benzene rings is 1. The number of carboxylic acids is 1. The van der Waals surface area contributed by atoms with E-state index in [1.807, 2.05) is 6.92 Å². The highest BCUT2D eigenvalue weighted by Gasteiger charge is 2.25. The normalized spacial score (nSPS) is 13.4. The average Bonchev–Trinajstić information content (AvgIpc) is 2.39. The highest BCUT2D eigenvalue weighted by atomic mass is 79.9. The van der Waals surface area contributed by atoms with Crippen molar-refractivity contribution >= 4 is 33.6 Å². The van der Waals surface area contributed by atoms with Crippen molar-refractivity contribution in [3.63, 3.8) is 0 Å². The van der Waals surface area contributed by atoms with Gasteiger partial charge in [-0.1, -0.05) is 20.3 Å². The molecule has 5 nitrogen and oxygen atoms in total. The fraction of sp³-hybridized carbons (Fsp3) is 0.385. The number of carbonyl (C=O) groups is 2. The van der Waals surface area contributed by atoms with Crippen LogP contribution in [0.5, 0.6) is 0 Å². The lowest BCUT2D eigenvalue weighted by Crippen LogP contribution is -2.46. The summed E-state index contributed by atoms with van der Waals surface area (Å²) in [7, 11) is 0. The molecule has 0 heterocycles. The molecule has 0 aromatic heterocycles. The Morgan fingerprint density at radius 3 is 2.65 bits per heavy atom. The number of urea groups is 1. The van der Waals surface area contributed by atoms with E-state index in [9.17, 15) is 14.0 Å². The van der Waals surface area contributed by atoms with Gasteiger partial charge in [-0.05, 0) is 40.0 Å². The minimum atomic E-state index is -1.10. The molecule has 1 aromatic rings. The van der Waals surface area contributed by atoms with Crippen LogP contribution in [-0.2, 0) is 4.79 Å². The number of rotatable bonds is 5. The van der Waals surface area contributed by atoms with Crippen LogP contribution >= 0.6 is 15.9 Å². The molecule has 1 aromatic carbocycles. The average molecular weight is 347 g/mol. The van der Waals surface area contributed by atoms with Crippen molar-refractivity contribution in [2.45, 2.75) is 26.3 Å². The lowest BCUT2D eigenvalue weighted by molar-refractivity contribution is -0.140. The van der Waals surface area contributed by atoms with Gasteiger partial charge in [-0.2, -0.15) is 0 Å². The molecule has 2 amide bonds. The molecule has 0 saturated carbocycles. The number of hydrogen-bond acceptors (Lipinski definition) is 2. The minimum Gasteiger partial charge on any atom is -0.480 e. The number of anilines is 1. The van der Waals surface area contributed by atoms with Crippen molar-refractivity contribution in [3.05, 3.63) is 28.5 Å². The molecule has 0 saturated heterocycles. The van der Waals surface area contributed by atoms with Crippen LogP contribution in [0.4, 0.5) is 14.9 Å². The van der Waals surface area contributed by atoms with E-state index in [-0.39, 0.29) is 11.6 Å². The minimum absolute atomic E-state index is 0.214. The largest absolute Gasteiger partial charge is 0.480 e. The SMILES string of the molecule is CCC(C)C(NC(=O)Nc1cc(F)ccc1Br)C(=O)O. The molecule has 0 radical (unpaired) electrons. The Hall–Kier alpha value is -1.63. The van der Waals surface area contributed by atoms with Crippen LogP contribution in [0, 0.1) is 11.7 Å². The molecule has 0 spiro atoms. The molecule has 110 valence electrons. The molecule has 7 heteroatoms. The first-order valence-electron chi connectivity index (χ1n) is 6.10. The summed E-state index contributed by atoms with van der Waals surface area (Å²) in [6.45, 7) is 3.57. The standard InChI is InChI=1S/C13H16BrFN2O3/c1-3-7(2)11(12(18)19)17-13(20)16-10-6-8(15)4-5-9(10)14/h4-7,11H,3H2,1-2H3,(H,18,19)(H2,16,17,20). The third-order valence-corrected chi connectivity index (χ3v) is 3.63. The maximum absolute atomic E-state index is 13.1. The Morgan fingerprint density at radius 1 is 1.45 bits per heavy atom. The van der Waals surface area contributed by atoms with E-state index in [4.69, 9.17) is 5.11 Å². The lowest BCUT2D eigenvalue weighted by Gasteiger charge is -2.20. The first kappa shape index (κ1) is 16.4. The van der Waals surface area contributed by atoms with Gasteiger partial charge in [0.1, 0.15) is 11.9 Å². The van der Waals surface area contributed by atoms with Crippen LogP contribution in [0.3, 0.4) is 0 Å². The summed E-state index contributed by atoms with van der Waals surface area (Å²) in [6.07, 6.45) is 0.612. The first-order valence-corrected chi connectivity index (χ1v) is 6.89. The van der Waals surface area contributed by atoms with Gasteiger partial charge in [0.15, 0.2) is 0 Å². The molecule has 2 unspecified atom stereocenters. The van der Waals surface area contributed by atoms with E-state index >= 15 is 0 Å². The summed E-state index contributed by atoms with van der Waals surface area (Å²) in [4.78, 5) is 22.9. The Labute approximate surface area is 124 Å². The van der Waals surface area contributed by atoms with Crippen molar-refractivity contribution in [2.24, 2.45) is 5.92 Å². The Bertz CT molecular complexity index is 510. The summed E-state index contributed by atoms with van der Waals surface area (Å²) in [5, 5.41) is 13.9. The zero-order chi connectivity index (χ0) is 15.3. The smallest absolute Gasteiger partial charge is 0.326 e. The van der Waals surface area contributed by atoms with Crippen LogP contribution in [0.25, 0.3) is 0 Å². The van der Waals surface area contributed by atoms with Crippen molar-refractivity contribution < 1.29 is 19.1 Å². The zero-order valence-electron chi connectivity index (χ0n) is 11.1. The topological polar surface area (TPSA) is 78.4 Å². The molecule has 0 fully saturated rings. The van der Waals surface area contributed by atoms with E-state index < -0.39 is 23.9 Å². The van der Waals surface area contributed by atoms with Gasteiger partial charge >= 0.3 is 12.0 Å². The number of amides is 2. The van der Waals surface area contributed by atoms with Gasteiger partial charge < -0.3 is 15.7 Å².